The molecule has 0 atom stereocenters. The van der Waals surface area contributed by atoms with Gasteiger partial charge in [0.15, 0.2) is 0 Å². The summed E-state index contributed by atoms with van der Waals surface area (Å²) >= 11 is 0. The average Bonchev–Trinajstić information content (AvgIpc) is 1.83. The zero-order valence-electron chi connectivity index (χ0n) is 6.16. The lowest BCUT2D eigenvalue weighted by molar-refractivity contribution is 0.575. The maximum absolute atomic E-state index is 10.6. The van der Waals surface area contributed by atoms with Crippen LogP contribution in [0, 0.1) is 0 Å². The molecule has 2 N–H and O–H groups in total. The smallest absolute Gasteiger partial charge is 0.217 e. The first kappa shape index (κ1) is 10.8. The number of sulfonamides is 2. The highest BCUT2D eigenvalue weighted by atomic mass is 32.2. The quantitative estimate of drug-likeness (QED) is 0.554. The van der Waals surface area contributed by atoms with Crippen LogP contribution < -0.4 is 9.44 Å². The standard InChI is InChI=1S/C3H10N2O4S2/c1-4-11(8,9)3-5-10(2,6)7/h4-5H,3H2,1-2H3. The van der Waals surface area contributed by atoms with Crippen LogP contribution in [0.1, 0.15) is 0 Å². The second-order valence-corrected chi connectivity index (χ2v) is 5.64. The van der Waals surface area contributed by atoms with Gasteiger partial charge in [0, 0.05) is 0 Å². The predicted octanol–water partition coefficient (Wildman–Crippen LogP) is -1.96. The van der Waals surface area contributed by atoms with E-state index in [0.29, 0.717) is 0 Å². The predicted molar refractivity (Wildman–Crippen MR) is 40.8 cm³/mol. The first-order chi connectivity index (χ1) is 4.77. The molecule has 0 aliphatic rings. The zero-order valence-corrected chi connectivity index (χ0v) is 7.79. The van der Waals surface area contributed by atoms with Gasteiger partial charge in [-0.2, -0.15) is 4.72 Å². The van der Waals surface area contributed by atoms with Gasteiger partial charge in [0.25, 0.3) is 0 Å². The molecule has 0 bridgehead atoms. The van der Waals surface area contributed by atoms with E-state index in [2.05, 4.69) is 0 Å². The van der Waals surface area contributed by atoms with Gasteiger partial charge in [-0.1, -0.05) is 0 Å². The Morgan fingerprint density at radius 2 is 1.64 bits per heavy atom. The highest BCUT2D eigenvalue weighted by Crippen LogP contribution is 1.80. The minimum atomic E-state index is -3.49. The number of hydrogen-bond acceptors (Lipinski definition) is 4. The Balaban J connectivity index is 4.13. The summed E-state index contributed by atoms with van der Waals surface area (Å²) in [5, 5.41) is 0. The molecule has 0 spiro atoms. The third kappa shape index (κ3) is 6.23. The Morgan fingerprint density at radius 3 is 1.91 bits per heavy atom. The highest BCUT2D eigenvalue weighted by molar-refractivity contribution is 7.92. The lowest BCUT2D eigenvalue weighted by Gasteiger charge is -2.01. The van der Waals surface area contributed by atoms with Gasteiger partial charge in [-0.3, -0.25) is 0 Å². The summed E-state index contributed by atoms with van der Waals surface area (Å²) in [7, 11) is -5.72. The normalized spacial score (nSPS) is 13.3. The molecule has 0 aromatic heterocycles. The van der Waals surface area contributed by atoms with E-state index in [1.807, 2.05) is 9.44 Å². The molecule has 0 fully saturated rings. The number of nitrogens with one attached hydrogen (secondary N) is 2. The van der Waals surface area contributed by atoms with Crippen molar-refractivity contribution < 1.29 is 16.8 Å². The van der Waals surface area contributed by atoms with Gasteiger partial charge in [-0.25, -0.2) is 21.6 Å². The van der Waals surface area contributed by atoms with Gasteiger partial charge in [-0.15, -0.1) is 0 Å². The van der Waals surface area contributed by atoms with Gasteiger partial charge < -0.3 is 0 Å². The number of rotatable bonds is 4. The van der Waals surface area contributed by atoms with E-state index in [-0.39, 0.29) is 0 Å². The topological polar surface area (TPSA) is 92.3 Å². The molecular formula is C3H10N2O4S2. The van der Waals surface area contributed by atoms with Crippen molar-refractivity contribution in [3.8, 4) is 0 Å². The summed E-state index contributed by atoms with van der Waals surface area (Å²) in [6.45, 7) is 0. The van der Waals surface area contributed by atoms with E-state index < -0.39 is 25.9 Å². The second kappa shape index (κ2) is 3.48. The molecule has 0 amide bonds. The second-order valence-electron chi connectivity index (χ2n) is 1.88. The first-order valence-corrected chi connectivity index (χ1v) is 6.17. The summed E-state index contributed by atoms with van der Waals surface area (Å²) < 4.78 is 45.8. The van der Waals surface area contributed by atoms with Crippen LogP contribution in [-0.2, 0) is 20.0 Å². The fourth-order valence-corrected chi connectivity index (χ4v) is 1.88. The number of hydrogen-bond donors (Lipinski definition) is 2. The molecule has 11 heavy (non-hydrogen) atoms. The Hall–Kier alpha value is -0.180. The molecule has 0 unspecified atom stereocenters. The summed E-state index contributed by atoms with van der Waals surface area (Å²) in [4.78, 5) is 0. The fraction of sp³-hybridized carbons (Fsp3) is 1.00. The summed E-state index contributed by atoms with van der Waals surface area (Å²) in [6.07, 6.45) is 0.887. The van der Waals surface area contributed by atoms with Crippen LogP contribution in [-0.4, -0.2) is 36.0 Å². The minimum Gasteiger partial charge on any atom is -0.217 e. The monoisotopic (exact) mass is 202 g/mol. The molecule has 8 heteroatoms. The SMILES string of the molecule is CNS(=O)(=O)CNS(C)(=O)=O. The third-order valence-electron chi connectivity index (χ3n) is 0.822. The lowest BCUT2D eigenvalue weighted by Crippen LogP contribution is -2.34. The molecule has 0 rings (SSSR count). The Morgan fingerprint density at radius 1 is 1.18 bits per heavy atom. The summed E-state index contributed by atoms with van der Waals surface area (Å²) in [5.74, 6) is -0.623. The van der Waals surface area contributed by atoms with Gasteiger partial charge in [-0.05, 0) is 7.05 Å². The van der Waals surface area contributed by atoms with E-state index in [0.717, 1.165) is 6.26 Å². The van der Waals surface area contributed by atoms with Gasteiger partial charge >= 0.3 is 0 Å². The van der Waals surface area contributed by atoms with Crippen LogP contribution in [0.5, 0.6) is 0 Å². The molecule has 6 nitrogen and oxygen atoms in total. The van der Waals surface area contributed by atoms with E-state index in [4.69, 9.17) is 0 Å². The van der Waals surface area contributed by atoms with Crippen LogP contribution in [0.3, 0.4) is 0 Å². The van der Waals surface area contributed by atoms with Crippen molar-refractivity contribution in [3.05, 3.63) is 0 Å². The maximum atomic E-state index is 10.6. The molecule has 0 aliphatic heterocycles. The Kier molecular flexibility index (Phi) is 3.42. The minimum absolute atomic E-state index is 0.623. The van der Waals surface area contributed by atoms with Crippen LogP contribution in [0.2, 0.25) is 0 Å². The molecule has 0 aromatic carbocycles. The fourth-order valence-electron chi connectivity index (χ4n) is 0.257. The van der Waals surface area contributed by atoms with Crippen molar-refractivity contribution in [2.24, 2.45) is 0 Å². The summed E-state index contributed by atoms with van der Waals surface area (Å²) in [6, 6.07) is 0. The average molecular weight is 202 g/mol. The van der Waals surface area contributed by atoms with Crippen molar-refractivity contribution in [2.45, 2.75) is 0 Å². The summed E-state index contributed by atoms with van der Waals surface area (Å²) in [5.41, 5.74) is 0. The molecule has 0 aromatic rings. The molecule has 0 saturated carbocycles. The van der Waals surface area contributed by atoms with E-state index in [1.165, 1.54) is 7.05 Å². The van der Waals surface area contributed by atoms with Crippen LogP contribution in [0.15, 0.2) is 0 Å². The van der Waals surface area contributed by atoms with Crippen molar-refractivity contribution in [2.75, 3.05) is 19.2 Å². The van der Waals surface area contributed by atoms with Gasteiger partial charge in [0.1, 0.15) is 5.88 Å². The maximum Gasteiger partial charge on any atom is 0.225 e. The molecular weight excluding hydrogens is 192 g/mol. The zero-order chi connectivity index (χ0) is 9.12. The lowest BCUT2D eigenvalue weighted by atomic mass is 11.5. The van der Waals surface area contributed by atoms with Crippen molar-refractivity contribution >= 4 is 20.0 Å². The third-order valence-corrected chi connectivity index (χ3v) is 2.82. The van der Waals surface area contributed by atoms with Gasteiger partial charge in [0.2, 0.25) is 20.0 Å². The van der Waals surface area contributed by atoms with E-state index >= 15 is 0 Å². The molecule has 0 aliphatic carbocycles. The van der Waals surface area contributed by atoms with Crippen molar-refractivity contribution in [3.63, 3.8) is 0 Å². The largest absolute Gasteiger partial charge is 0.225 e. The van der Waals surface area contributed by atoms with Gasteiger partial charge in [0.05, 0.1) is 6.26 Å². The van der Waals surface area contributed by atoms with Crippen LogP contribution in [0.25, 0.3) is 0 Å². The van der Waals surface area contributed by atoms with E-state index in [1.54, 1.807) is 0 Å². The Bertz CT molecular complexity index is 302. The Labute approximate surface area is 66.1 Å². The molecule has 0 radical (unpaired) electrons. The van der Waals surface area contributed by atoms with Crippen LogP contribution in [0.4, 0.5) is 0 Å². The van der Waals surface area contributed by atoms with Crippen molar-refractivity contribution in [1.29, 1.82) is 0 Å². The highest BCUT2D eigenvalue weighted by Gasteiger charge is 2.09. The van der Waals surface area contributed by atoms with Crippen molar-refractivity contribution in [1.82, 2.24) is 9.44 Å². The molecule has 68 valence electrons. The van der Waals surface area contributed by atoms with E-state index in [9.17, 15) is 16.8 Å². The molecule has 0 heterocycles. The first-order valence-electron chi connectivity index (χ1n) is 2.63. The molecule has 0 saturated heterocycles. The van der Waals surface area contributed by atoms with Crippen LogP contribution >= 0.6 is 0 Å².